The van der Waals surface area contributed by atoms with Crippen LogP contribution in [0.15, 0.2) is 53.3 Å². The number of benzene rings is 2. The quantitative estimate of drug-likeness (QED) is 0.221. The predicted molar refractivity (Wildman–Crippen MR) is 178 cm³/mol. The predicted octanol–water partition coefficient (Wildman–Crippen LogP) is 5.12. The molecule has 2 heterocycles. The molecular weight excluding hydrogens is 584 g/mol. The maximum atomic E-state index is 13.6. The number of methoxy groups -OCH3 is 3. The van der Waals surface area contributed by atoms with Gasteiger partial charge in [-0.1, -0.05) is 24.3 Å². The first kappa shape index (κ1) is 31.0. The zero-order chi connectivity index (χ0) is 32.4. The molecule has 240 valence electrons. The molecule has 1 aliphatic heterocycles. The van der Waals surface area contributed by atoms with Gasteiger partial charge in [-0.25, -0.2) is 0 Å². The van der Waals surface area contributed by atoms with Gasteiger partial charge in [0.2, 0.25) is 23.0 Å². The Balaban J connectivity index is 1.21. The number of amides is 2. The first-order valence-electron chi connectivity index (χ1n) is 15.7. The Kier molecular flexibility index (Phi) is 8.87. The van der Waals surface area contributed by atoms with E-state index in [0.717, 1.165) is 34.3 Å². The number of aromatic nitrogens is 1. The molecule has 0 saturated heterocycles. The molecule has 1 atom stereocenters. The van der Waals surface area contributed by atoms with Crippen molar-refractivity contribution >= 4 is 28.4 Å². The standard InChI is InChI=1S/C36H40N4O6/c1-21(41)38-28-13-11-22-18-32(44-2)35(45-3)36(46-4)34(22)25-12-14-29(31(42)19-26(25)28)37-16-7-10-33(43)40-17-15-24-23-8-5-6-9-27(23)39-30(24)20-40/h5-6,8-9,12,14,18-19,28,39H,7,10-11,13,15-17,20H2,1-4H3,(H,37,42)(H,38,41). The van der Waals surface area contributed by atoms with Gasteiger partial charge in [-0.2, -0.15) is 0 Å². The van der Waals surface area contributed by atoms with E-state index in [4.69, 9.17) is 14.2 Å². The molecule has 3 aromatic carbocycles. The summed E-state index contributed by atoms with van der Waals surface area (Å²) in [4.78, 5) is 44.3. The first-order valence-corrected chi connectivity index (χ1v) is 15.7. The van der Waals surface area contributed by atoms with Crippen LogP contribution in [0, 0.1) is 0 Å². The van der Waals surface area contributed by atoms with Gasteiger partial charge in [-0.05, 0) is 72.2 Å². The van der Waals surface area contributed by atoms with Crippen molar-refractivity contribution in [3.63, 3.8) is 0 Å². The normalized spacial score (nSPS) is 15.2. The van der Waals surface area contributed by atoms with E-state index in [1.807, 2.05) is 29.2 Å². The van der Waals surface area contributed by atoms with Crippen LogP contribution in [0.3, 0.4) is 0 Å². The molecule has 0 saturated carbocycles. The van der Waals surface area contributed by atoms with Gasteiger partial charge < -0.3 is 34.7 Å². The van der Waals surface area contributed by atoms with Gasteiger partial charge >= 0.3 is 0 Å². The average molecular weight is 625 g/mol. The lowest BCUT2D eigenvalue weighted by Gasteiger charge is -2.27. The summed E-state index contributed by atoms with van der Waals surface area (Å²) < 4.78 is 17.1. The SMILES string of the molecule is COc1cc2c(c(OC)c1OC)-c1ccc(NCCCC(=O)N3CCc4c([nH]c5ccccc45)C3)c(=O)cc1C(NC(C)=O)CC2. The van der Waals surface area contributed by atoms with Gasteiger partial charge in [0.15, 0.2) is 11.5 Å². The molecule has 1 aliphatic carbocycles. The van der Waals surface area contributed by atoms with Crippen LogP contribution in [-0.4, -0.2) is 56.1 Å². The van der Waals surface area contributed by atoms with Crippen LogP contribution in [0.5, 0.6) is 17.2 Å². The number of aryl methyl sites for hydroxylation is 1. The third kappa shape index (κ3) is 5.87. The Bertz CT molecular complexity index is 1870. The van der Waals surface area contributed by atoms with E-state index in [0.29, 0.717) is 73.8 Å². The molecule has 46 heavy (non-hydrogen) atoms. The van der Waals surface area contributed by atoms with E-state index in [-0.39, 0.29) is 23.3 Å². The minimum absolute atomic E-state index is 0.102. The number of aromatic amines is 1. The lowest BCUT2D eigenvalue weighted by atomic mass is 9.95. The molecule has 2 amide bonds. The first-order chi connectivity index (χ1) is 22.3. The van der Waals surface area contributed by atoms with E-state index < -0.39 is 0 Å². The van der Waals surface area contributed by atoms with Crippen LogP contribution < -0.4 is 30.3 Å². The van der Waals surface area contributed by atoms with Crippen molar-refractivity contribution in [3.8, 4) is 28.4 Å². The number of anilines is 1. The average Bonchev–Trinajstić information content (AvgIpc) is 3.27. The van der Waals surface area contributed by atoms with E-state index in [2.05, 4.69) is 27.8 Å². The maximum Gasteiger partial charge on any atom is 0.222 e. The van der Waals surface area contributed by atoms with Crippen molar-refractivity contribution in [1.82, 2.24) is 15.2 Å². The van der Waals surface area contributed by atoms with Gasteiger partial charge in [0.05, 0.1) is 39.6 Å². The van der Waals surface area contributed by atoms with Crippen LogP contribution in [0.1, 0.15) is 54.6 Å². The zero-order valence-corrected chi connectivity index (χ0v) is 26.7. The number of nitrogens with one attached hydrogen (secondary N) is 3. The third-order valence-corrected chi connectivity index (χ3v) is 9.03. The summed E-state index contributed by atoms with van der Waals surface area (Å²) >= 11 is 0. The second-order valence-electron chi connectivity index (χ2n) is 11.8. The van der Waals surface area contributed by atoms with Gasteiger partial charge in [-0.15, -0.1) is 0 Å². The summed E-state index contributed by atoms with van der Waals surface area (Å²) in [7, 11) is 4.71. The van der Waals surface area contributed by atoms with E-state index in [9.17, 15) is 14.4 Å². The molecule has 2 aliphatic rings. The fourth-order valence-corrected chi connectivity index (χ4v) is 6.88. The number of rotatable bonds is 9. The molecular formula is C36H40N4O6. The summed E-state index contributed by atoms with van der Waals surface area (Å²) in [5, 5.41) is 7.53. The van der Waals surface area contributed by atoms with Crippen molar-refractivity contribution < 1.29 is 23.8 Å². The lowest BCUT2D eigenvalue weighted by Crippen LogP contribution is -2.36. The number of hydrogen-bond acceptors (Lipinski definition) is 7. The Morgan fingerprint density at radius 3 is 2.57 bits per heavy atom. The maximum absolute atomic E-state index is 13.6. The van der Waals surface area contributed by atoms with Crippen molar-refractivity contribution in [2.24, 2.45) is 0 Å². The third-order valence-electron chi connectivity index (χ3n) is 9.03. The molecule has 0 fully saturated rings. The van der Waals surface area contributed by atoms with E-state index >= 15 is 0 Å². The Hall–Kier alpha value is -4.99. The molecule has 4 aromatic rings. The summed E-state index contributed by atoms with van der Waals surface area (Å²) in [6.45, 7) is 3.21. The highest BCUT2D eigenvalue weighted by molar-refractivity contribution is 5.86. The number of nitrogens with zero attached hydrogens (tertiary/aromatic N) is 1. The Morgan fingerprint density at radius 1 is 1.00 bits per heavy atom. The molecule has 10 heteroatoms. The Labute approximate surface area is 268 Å². The Morgan fingerprint density at radius 2 is 1.80 bits per heavy atom. The van der Waals surface area contributed by atoms with Crippen LogP contribution in [0.25, 0.3) is 22.0 Å². The topological polar surface area (TPSA) is 122 Å². The molecule has 0 bridgehead atoms. The van der Waals surface area contributed by atoms with Crippen molar-refractivity contribution in [2.75, 3.05) is 39.7 Å². The number of para-hydroxylation sites is 1. The molecule has 3 N–H and O–H groups in total. The van der Waals surface area contributed by atoms with Gasteiger partial charge in [0.25, 0.3) is 0 Å². The second-order valence-corrected chi connectivity index (χ2v) is 11.8. The molecule has 10 nitrogen and oxygen atoms in total. The summed E-state index contributed by atoms with van der Waals surface area (Å²) in [6.07, 6.45) is 3.00. The highest BCUT2D eigenvalue weighted by atomic mass is 16.5. The highest BCUT2D eigenvalue weighted by Gasteiger charge is 2.29. The second kappa shape index (κ2) is 13.2. The number of hydrogen-bond donors (Lipinski definition) is 3. The monoisotopic (exact) mass is 624 g/mol. The van der Waals surface area contributed by atoms with Gasteiger partial charge in [-0.3, -0.25) is 14.4 Å². The fraction of sp³-hybridized carbons (Fsp3) is 0.361. The van der Waals surface area contributed by atoms with E-state index in [1.54, 1.807) is 33.5 Å². The minimum Gasteiger partial charge on any atom is -0.493 e. The van der Waals surface area contributed by atoms with Crippen LogP contribution >= 0.6 is 0 Å². The molecule has 1 aromatic heterocycles. The number of ether oxygens (including phenoxy) is 3. The minimum atomic E-state index is -0.380. The smallest absolute Gasteiger partial charge is 0.222 e. The lowest BCUT2D eigenvalue weighted by molar-refractivity contribution is -0.132. The molecule has 1 unspecified atom stereocenters. The van der Waals surface area contributed by atoms with Crippen molar-refractivity contribution in [2.45, 2.75) is 51.6 Å². The number of H-pyrrole nitrogens is 1. The summed E-state index contributed by atoms with van der Waals surface area (Å²) in [6, 6.07) is 15.1. The fourth-order valence-electron chi connectivity index (χ4n) is 6.88. The summed E-state index contributed by atoms with van der Waals surface area (Å²) in [5.41, 5.74) is 6.98. The van der Waals surface area contributed by atoms with Gasteiger partial charge in [0.1, 0.15) is 0 Å². The van der Waals surface area contributed by atoms with Crippen molar-refractivity contribution in [3.05, 3.63) is 81.1 Å². The molecule has 6 rings (SSSR count). The number of carbonyl (C=O) groups excluding carboxylic acids is 2. The van der Waals surface area contributed by atoms with Gasteiger partial charge in [0, 0.05) is 48.6 Å². The molecule has 0 radical (unpaired) electrons. The highest BCUT2D eigenvalue weighted by Crippen LogP contribution is 2.50. The number of carbonyl (C=O) groups is 2. The van der Waals surface area contributed by atoms with Crippen LogP contribution in [-0.2, 0) is 29.0 Å². The number of fused-ring (bicyclic) bond motifs is 6. The molecule has 0 spiro atoms. The van der Waals surface area contributed by atoms with Crippen LogP contribution in [0.4, 0.5) is 5.69 Å². The van der Waals surface area contributed by atoms with E-state index in [1.165, 1.54) is 17.9 Å². The summed E-state index contributed by atoms with van der Waals surface area (Å²) in [5.74, 6) is 1.43. The zero-order valence-electron chi connectivity index (χ0n) is 26.7. The largest absolute Gasteiger partial charge is 0.493 e. The van der Waals surface area contributed by atoms with Crippen LogP contribution in [0.2, 0.25) is 0 Å². The van der Waals surface area contributed by atoms with Crippen molar-refractivity contribution in [1.29, 1.82) is 0 Å².